The van der Waals surface area contributed by atoms with Gasteiger partial charge in [0.05, 0.1) is 11.8 Å². The van der Waals surface area contributed by atoms with Gasteiger partial charge in [0.2, 0.25) is 0 Å². The monoisotopic (exact) mass is 469 g/mol. The van der Waals surface area contributed by atoms with E-state index in [1.54, 1.807) is 23.1 Å². The molecule has 0 bridgehead atoms. The summed E-state index contributed by atoms with van der Waals surface area (Å²) in [5.74, 6) is 0.135. The molecule has 2 aromatic heterocycles. The largest absolute Gasteiger partial charge is 0.398 e. The van der Waals surface area contributed by atoms with E-state index in [0.29, 0.717) is 48.1 Å². The van der Waals surface area contributed by atoms with Gasteiger partial charge in [0.1, 0.15) is 11.5 Å². The summed E-state index contributed by atoms with van der Waals surface area (Å²) in [5.41, 5.74) is 9.49. The molecule has 1 amide bonds. The number of H-pyrrole nitrogens is 1. The van der Waals surface area contributed by atoms with Crippen LogP contribution in [-0.4, -0.2) is 58.9 Å². The molecule has 2 saturated heterocycles. The van der Waals surface area contributed by atoms with Crippen molar-refractivity contribution in [3.05, 3.63) is 58.1 Å². The number of amides is 1. The highest BCUT2D eigenvalue weighted by Crippen LogP contribution is 2.37. The SMILES string of the molecule is CN1CCC(c2cc3c(C4CCN(C(=O)c5ccc(Cl)cc5N)CC4)c(F)cnc3[nH]2)CC1. The Balaban J connectivity index is 1.35. The van der Waals surface area contributed by atoms with Crippen LogP contribution >= 0.6 is 11.6 Å². The van der Waals surface area contributed by atoms with Gasteiger partial charge in [-0.2, -0.15) is 0 Å². The average Bonchev–Trinajstić information content (AvgIpc) is 3.23. The van der Waals surface area contributed by atoms with Gasteiger partial charge in [0, 0.05) is 46.4 Å². The van der Waals surface area contributed by atoms with E-state index in [2.05, 4.69) is 28.0 Å². The van der Waals surface area contributed by atoms with Crippen molar-refractivity contribution < 1.29 is 9.18 Å². The van der Waals surface area contributed by atoms with Gasteiger partial charge in [-0.05, 0) is 76.0 Å². The van der Waals surface area contributed by atoms with Crippen LogP contribution in [0.2, 0.25) is 5.02 Å². The number of aromatic nitrogens is 2. The number of piperidine rings is 2. The Hall–Kier alpha value is -2.64. The fourth-order valence-electron chi connectivity index (χ4n) is 5.31. The Kier molecular flexibility index (Phi) is 6.01. The summed E-state index contributed by atoms with van der Waals surface area (Å²) in [5, 5.41) is 1.39. The first-order chi connectivity index (χ1) is 15.9. The maximum Gasteiger partial charge on any atom is 0.255 e. The van der Waals surface area contributed by atoms with E-state index in [0.717, 1.165) is 48.2 Å². The summed E-state index contributed by atoms with van der Waals surface area (Å²) in [4.78, 5) is 24.9. The van der Waals surface area contributed by atoms with Gasteiger partial charge in [0.15, 0.2) is 0 Å². The number of benzene rings is 1. The molecule has 3 aromatic rings. The normalized spacial score (nSPS) is 18.8. The minimum Gasteiger partial charge on any atom is -0.398 e. The third-order valence-corrected chi connectivity index (χ3v) is 7.50. The van der Waals surface area contributed by atoms with Crippen molar-refractivity contribution in [2.75, 3.05) is 39.0 Å². The number of rotatable bonds is 3. The lowest BCUT2D eigenvalue weighted by Crippen LogP contribution is -2.38. The molecule has 3 N–H and O–H groups in total. The van der Waals surface area contributed by atoms with Crippen molar-refractivity contribution >= 4 is 34.2 Å². The summed E-state index contributed by atoms with van der Waals surface area (Å²) in [6, 6.07) is 7.05. The number of likely N-dealkylation sites (tertiary alicyclic amines) is 2. The number of nitrogen functional groups attached to an aromatic ring is 1. The second-order valence-corrected chi connectivity index (χ2v) is 9.82. The van der Waals surface area contributed by atoms with Crippen LogP contribution in [0.3, 0.4) is 0 Å². The molecule has 0 unspecified atom stereocenters. The predicted octanol–water partition coefficient (Wildman–Crippen LogP) is 4.77. The second kappa shape index (κ2) is 8.95. The molecule has 1 aromatic carbocycles. The molecule has 2 fully saturated rings. The molecule has 2 aliphatic rings. The zero-order valence-electron chi connectivity index (χ0n) is 18.8. The van der Waals surface area contributed by atoms with E-state index in [1.165, 1.54) is 6.20 Å². The number of nitrogens with zero attached hydrogens (tertiary/aromatic N) is 3. The number of nitrogens with one attached hydrogen (secondary N) is 1. The van der Waals surface area contributed by atoms with Crippen LogP contribution in [0, 0.1) is 5.82 Å². The number of hydrogen-bond acceptors (Lipinski definition) is 4. The van der Waals surface area contributed by atoms with E-state index < -0.39 is 0 Å². The molecule has 0 atom stereocenters. The fourth-order valence-corrected chi connectivity index (χ4v) is 5.50. The van der Waals surface area contributed by atoms with Crippen LogP contribution in [0.5, 0.6) is 0 Å². The van der Waals surface area contributed by atoms with Crippen LogP contribution in [-0.2, 0) is 0 Å². The molecule has 2 aliphatic heterocycles. The molecular formula is C25H29ClFN5O. The highest BCUT2D eigenvalue weighted by Gasteiger charge is 2.29. The van der Waals surface area contributed by atoms with Gasteiger partial charge in [-0.3, -0.25) is 4.79 Å². The van der Waals surface area contributed by atoms with E-state index in [4.69, 9.17) is 17.3 Å². The predicted molar refractivity (Wildman–Crippen MR) is 129 cm³/mol. The lowest BCUT2D eigenvalue weighted by molar-refractivity contribution is 0.0714. The Morgan fingerprint density at radius 1 is 1.12 bits per heavy atom. The highest BCUT2D eigenvalue weighted by atomic mass is 35.5. The lowest BCUT2D eigenvalue weighted by Gasteiger charge is -2.33. The highest BCUT2D eigenvalue weighted by molar-refractivity contribution is 6.31. The summed E-state index contributed by atoms with van der Waals surface area (Å²) in [6.45, 7) is 3.25. The Morgan fingerprint density at radius 3 is 2.52 bits per heavy atom. The van der Waals surface area contributed by atoms with Gasteiger partial charge in [-0.25, -0.2) is 9.37 Å². The number of nitrogens with two attached hydrogens (primary N) is 1. The molecule has 5 rings (SSSR count). The molecule has 6 nitrogen and oxygen atoms in total. The number of carbonyl (C=O) groups is 1. The zero-order valence-corrected chi connectivity index (χ0v) is 19.5. The number of fused-ring (bicyclic) bond motifs is 1. The second-order valence-electron chi connectivity index (χ2n) is 9.38. The quantitative estimate of drug-likeness (QED) is 0.542. The summed E-state index contributed by atoms with van der Waals surface area (Å²) < 4.78 is 15.0. The van der Waals surface area contributed by atoms with Gasteiger partial charge in [-0.15, -0.1) is 0 Å². The molecule has 8 heteroatoms. The van der Waals surface area contributed by atoms with Crippen molar-refractivity contribution in [1.29, 1.82) is 0 Å². The van der Waals surface area contributed by atoms with Crippen molar-refractivity contribution in [1.82, 2.24) is 19.8 Å². The Labute approximate surface area is 197 Å². The maximum atomic E-state index is 15.0. The van der Waals surface area contributed by atoms with Crippen LogP contribution in [0.4, 0.5) is 10.1 Å². The summed E-state index contributed by atoms with van der Waals surface area (Å²) in [6.07, 6.45) is 4.91. The van der Waals surface area contributed by atoms with Crippen LogP contribution < -0.4 is 5.73 Å². The number of carbonyl (C=O) groups excluding carboxylic acids is 1. The van der Waals surface area contributed by atoms with E-state index in [9.17, 15) is 4.79 Å². The first-order valence-electron chi connectivity index (χ1n) is 11.6. The van der Waals surface area contributed by atoms with E-state index in [-0.39, 0.29) is 17.6 Å². The molecule has 0 radical (unpaired) electrons. The molecule has 0 saturated carbocycles. The lowest BCUT2D eigenvalue weighted by atomic mass is 9.87. The molecule has 33 heavy (non-hydrogen) atoms. The first kappa shape index (κ1) is 22.2. The topological polar surface area (TPSA) is 78.2 Å². The maximum absolute atomic E-state index is 15.0. The van der Waals surface area contributed by atoms with Crippen molar-refractivity contribution in [2.24, 2.45) is 0 Å². The van der Waals surface area contributed by atoms with Gasteiger partial charge in [0.25, 0.3) is 5.91 Å². The van der Waals surface area contributed by atoms with Crippen molar-refractivity contribution in [2.45, 2.75) is 37.5 Å². The van der Waals surface area contributed by atoms with Crippen LogP contribution in [0.25, 0.3) is 11.0 Å². The molecule has 0 aliphatic carbocycles. The molecule has 4 heterocycles. The fraction of sp³-hybridized carbons (Fsp3) is 0.440. The minimum atomic E-state index is -0.261. The number of pyridine rings is 1. The van der Waals surface area contributed by atoms with E-state index >= 15 is 4.39 Å². The summed E-state index contributed by atoms with van der Waals surface area (Å²) >= 11 is 5.96. The average molecular weight is 470 g/mol. The minimum absolute atomic E-state index is 0.0447. The molecule has 174 valence electrons. The van der Waals surface area contributed by atoms with E-state index in [1.807, 2.05) is 0 Å². The standard InChI is InChI=1S/C25H29ClFN5O/c1-31-8-4-15(5-9-31)22-13-19-23(20(27)14-29-24(19)30-22)16-6-10-32(11-7-16)25(33)18-3-2-17(26)12-21(18)28/h2-3,12-16H,4-11,28H2,1H3,(H,29,30). The Bertz CT molecular complexity index is 1180. The third-order valence-electron chi connectivity index (χ3n) is 7.26. The summed E-state index contributed by atoms with van der Waals surface area (Å²) in [7, 11) is 2.15. The first-order valence-corrected chi connectivity index (χ1v) is 12.0. The molecule has 0 spiro atoms. The third kappa shape index (κ3) is 4.32. The van der Waals surface area contributed by atoms with Gasteiger partial charge in [-0.1, -0.05) is 11.6 Å². The Morgan fingerprint density at radius 2 is 1.82 bits per heavy atom. The molecular weight excluding hydrogens is 441 g/mol. The van der Waals surface area contributed by atoms with Crippen LogP contribution in [0.1, 0.15) is 59.1 Å². The number of hydrogen-bond donors (Lipinski definition) is 2. The zero-order chi connectivity index (χ0) is 23.1. The smallest absolute Gasteiger partial charge is 0.255 e. The number of aromatic amines is 1. The van der Waals surface area contributed by atoms with Crippen molar-refractivity contribution in [3.63, 3.8) is 0 Å². The van der Waals surface area contributed by atoms with Gasteiger partial charge >= 0.3 is 0 Å². The number of anilines is 1. The van der Waals surface area contributed by atoms with Crippen LogP contribution in [0.15, 0.2) is 30.5 Å². The van der Waals surface area contributed by atoms with Crippen molar-refractivity contribution in [3.8, 4) is 0 Å². The van der Waals surface area contributed by atoms with Gasteiger partial charge < -0.3 is 20.5 Å². The number of halogens is 2.